The zero-order chi connectivity index (χ0) is 13.4. The summed E-state index contributed by atoms with van der Waals surface area (Å²) >= 11 is 0. The molecule has 0 aromatic carbocycles. The molecule has 0 spiro atoms. The molecule has 0 saturated carbocycles. The number of ether oxygens (including phenoxy) is 2. The molecule has 0 aromatic rings. The van der Waals surface area contributed by atoms with E-state index < -0.39 is 14.9 Å². The summed E-state index contributed by atoms with van der Waals surface area (Å²) < 4.78 is 25.6. The average molecular weight is 279 g/mol. The molecule has 0 radical (unpaired) electrons. The fourth-order valence-corrected chi connectivity index (χ4v) is 3.16. The quantitative estimate of drug-likeness (QED) is 0.373. The zero-order valence-corrected chi connectivity index (χ0v) is 12.1. The van der Waals surface area contributed by atoms with Gasteiger partial charge in [0.1, 0.15) is 12.7 Å². The van der Waals surface area contributed by atoms with Crippen LogP contribution in [0.15, 0.2) is 0 Å². The van der Waals surface area contributed by atoms with Crippen molar-refractivity contribution in [3.05, 3.63) is 0 Å². The van der Waals surface area contributed by atoms with E-state index >= 15 is 0 Å². The molecule has 18 heavy (non-hydrogen) atoms. The Kier molecular flexibility index (Phi) is 6.58. The second-order valence-electron chi connectivity index (χ2n) is 3.88. The van der Waals surface area contributed by atoms with E-state index in [0.29, 0.717) is 32.2 Å². The smallest absolute Gasteiger partial charge is 0.447 e. The van der Waals surface area contributed by atoms with Gasteiger partial charge in [0.25, 0.3) is 0 Å². The Balaban J connectivity index is 2.06. The fourth-order valence-electron chi connectivity index (χ4n) is 1.44. The molecular formula is C10H21NO6Si. The van der Waals surface area contributed by atoms with Gasteiger partial charge in [0.15, 0.2) is 0 Å². The minimum Gasteiger partial charge on any atom is -0.447 e. The molecule has 0 aromatic heterocycles. The van der Waals surface area contributed by atoms with Crippen LogP contribution in [0.2, 0.25) is 6.04 Å². The van der Waals surface area contributed by atoms with Crippen molar-refractivity contribution in [1.82, 2.24) is 5.32 Å². The highest BCUT2D eigenvalue weighted by atomic mass is 28.4. The second kappa shape index (κ2) is 7.69. The second-order valence-corrected chi connectivity index (χ2v) is 6.97. The molecule has 8 heteroatoms. The van der Waals surface area contributed by atoms with Crippen LogP contribution in [0.4, 0.5) is 4.79 Å². The Hall–Kier alpha value is -0.673. The predicted octanol–water partition coefficient (Wildman–Crippen LogP) is 0.380. The van der Waals surface area contributed by atoms with E-state index in [9.17, 15) is 4.79 Å². The summed E-state index contributed by atoms with van der Waals surface area (Å²) in [5.74, 6) is 0. The largest absolute Gasteiger partial charge is 0.500 e. The van der Waals surface area contributed by atoms with Crippen LogP contribution in [0, 0.1) is 0 Å². The van der Waals surface area contributed by atoms with Crippen molar-refractivity contribution >= 4 is 14.9 Å². The Morgan fingerprint density at radius 1 is 1.33 bits per heavy atom. The number of hydrogen-bond donors (Lipinski definition) is 1. The van der Waals surface area contributed by atoms with Gasteiger partial charge >= 0.3 is 14.9 Å². The van der Waals surface area contributed by atoms with Crippen LogP contribution in [-0.4, -0.2) is 62.1 Å². The number of carbonyl (C=O) groups excluding carboxylic acids is 1. The van der Waals surface area contributed by atoms with Gasteiger partial charge in [0, 0.05) is 33.9 Å². The molecule has 1 aliphatic rings. The number of carbonyl (C=O) groups is 1. The summed E-state index contributed by atoms with van der Waals surface area (Å²) in [5.41, 5.74) is 0. The maximum atomic E-state index is 11.2. The lowest BCUT2D eigenvalue weighted by Crippen LogP contribution is -2.43. The number of epoxide rings is 1. The first-order valence-electron chi connectivity index (χ1n) is 5.83. The first kappa shape index (κ1) is 15.4. The van der Waals surface area contributed by atoms with Crippen LogP contribution in [0.3, 0.4) is 0 Å². The van der Waals surface area contributed by atoms with Gasteiger partial charge in [0.2, 0.25) is 0 Å². The maximum absolute atomic E-state index is 11.2. The molecule has 1 fully saturated rings. The number of rotatable bonds is 9. The molecule has 0 aliphatic carbocycles. The van der Waals surface area contributed by atoms with Crippen molar-refractivity contribution in [1.29, 1.82) is 0 Å². The Bertz CT molecular complexity index is 248. The Morgan fingerprint density at radius 2 is 1.94 bits per heavy atom. The first-order chi connectivity index (χ1) is 8.65. The van der Waals surface area contributed by atoms with Crippen molar-refractivity contribution in [2.45, 2.75) is 18.6 Å². The topological polar surface area (TPSA) is 78.6 Å². The van der Waals surface area contributed by atoms with Gasteiger partial charge in [0.05, 0.1) is 6.61 Å². The summed E-state index contributed by atoms with van der Waals surface area (Å²) in [5, 5.41) is 2.65. The Labute approximate surface area is 108 Å². The summed E-state index contributed by atoms with van der Waals surface area (Å²) in [6.45, 7) is 1.49. The highest BCUT2D eigenvalue weighted by Gasteiger charge is 2.36. The van der Waals surface area contributed by atoms with Crippen LogP contribution < -0.4 is 5.32 Å². The molecule has 1 unspecified atom stereocenters. The van der Waals surface area contributed by atoms with Crippen LogP contribution in [0.5, 0.6) is 0 Å². The minimum atomic E-state index is -2.53. The van der Waals surface area contributed by atoms with Crippen molar-refractivity contribution < 1.29 is 27.5 Å². The number of nitrogens with one attached hydrogen (secondary N) is 1. The summed E-state index contributed by atoms with van der Waals surface area (Å²) in [6.07, 6.45) is 0.368. The summed E-state index contributed by atoms with van der Waals surface area (Å²) in [4.78, 5) is 11.2. The summed E-state index contributed by atoms with van der Waals surface area (Å²) in [6, 6.07) is 0.641. The van der Waals surface area contributed by atoms with E-state index in [1.165, 1.54) is 0 Å². The molecule has 1 aliphatic heterocycles. The minimum absolute atomic E-state index is 0.0891. The molecule has 106 valence electrons. The monoisotopic (exact) mass is 279 g/mol. The van der Waals surface area contributed by atoms with E-state index in [2.05, 4.69) is 5.32 Å². The molecule has 1 N–H and O–H groups in total. The van der Waals surface area contributed by atoms with E-state index in [1.807, 2.05) is 0 Å². The highest BCUT2D eigenvalue weighted by Crippen LogP contribution is 2.14. The van der Waals surface area contributed by atoms with Crippen molar-refractivity contribution in [3.8, 4) is 0 Å². The number of amides is 1. The van der Waals surface area contributed by atoms with Gasteiger partial charge in [-0.3, -0.25) is 0 Å². The standard InChI is InChI=1S/C10H21NO6Si/c1-13-18(14-2,15-3)6-4-5-11-10(12)17-8-9-7-16-9/h9H,4-8H2,1-3H3,(H,11,12). The average Bonchev–Trinajstić information content (AvgIpc) is 3.21. The van der Waals surface area contributed by atoms with Gasteiger partial charge in [-0.1, -0.05) is 0 Å². The van der Waals surface area contributed by atoms with Crippen LogP contribution in [0.25, 0.3) is 0 Å². The van der Waals surface area contributed by atoms with Gasteiger partial charge in [-0.15, -0.1) is 0 Å². The molecule has 1 amide bonds. The Morgan fingerprint density at radius 3 is 2.44 bits per heavy atom. The van der Waals surface area contributed by atoms with E-state index in [1.54, 1.807) is 21.3 Å². The molecule has 1 heterocycles. The van der Waals surface area contributed by atoms with Crippen LogP contribution in [0.1, 0.15) is 6.42 Å². The third-order valence-electron chi connectivity index (χ3n) is 2.66. The van der Waals surface area contributed by atoms with E-state index in [0.717, 1.165) is 0 Å². The third kappa shape index (κ3) is 5.32. The lowest BCUT2D eigenvalue weighted by molar-refractivity contribution is 0.121. The lowest BCUT2D eigenvalue weighted by Gasteiger charge is -2.24. The molecule has 7 nitrogen and oxygen atoms in total. The normalized spacial score (nSPS) is 18.5. The SMILES string of the molecule is CO[Si](CCCNC(=O)OCC1CO1)(OC)OC. The number of hydrogen-bond acceptors (Lipinski definition) is 6. The van der Waals surface area contributed by atoms with Crippen LogP contribution in [-0.2, 0) is 22.8 Å². The molecular weight excluding hydrogens is 258 g/mol. The fraction of sp³-hybridized carbons (Fsp3) is 0.900. The summed E-state index contributed by atoms with van der Waals surface area (Å²) in [7, 11) is 2.17. The van der Waals surface area contributed by atoms with E-state index in [4.69, 9.17) is 22.8 Å². The highest BCUT2D eigenvalue weighted by molar-refractivity contribution is 6.60. The van der Waals surface area contributed by atoms with Crippen molar-refractivity contribution in [3.63, 3.8) is 0 Å². The maximum Gasteiger partial charge on any atom is 0.500 e. The molecule has 1 rings (SSSR count). The van der Waals surface area contributed by atoms with Gasteiger partial charge in [-0.2, -0.15) is 0 Å². The van der Waals surface area contributed by atoms with Gasteiger partial charge < -0.3 is 28.1 Å². The molecule has 1 saturated heterocycles. The van der Waals surface area contributed by atoms with Crippen molar-refractivity contribution in [2.24, 2.45) is 0 Å². The predicted molar refractivity (Wildman–Crippen MR) is 65.3 cm³/mol. The van der Waals surface area contributed by atoms with Gasteiger partial charge in [-0.05, 0) is 6.42 Å². The van der Waals surface area contributed by atoms with Gasteiger partial charge in [-0.25, -0.2) is 4.79 Å². The first-order valence-corrected chi connectivity index (χ1v) is 7.76. The number of alkyl carbamates (subject to hydrolysis) is 1. The van der Waals surface area contributed by atoms with Crippen LogP contribution >= 0.6 is 0 Å². The van der Waals surface area contributed by atoms with Crippen molar-refractivity contribution in [2.75, 3.05) is 41.1 Å². The zero-order valence-electron chi connectivity index (χ0n) is 11.1. The molecule has 1 atom stereocenters. The molecule has 0 bridgehead atoms. The lowest BCUT2D eigenvalue weighted by atomic mass is 10.5. The van der Waals surface area contributed by atoms with E-state index in [-0.39, 0.29) is 6.10 Å². The third-order valence-corrected chi connectivity index (χ3v) is 5.50.